The van der Waals surface area contributed by atoms with Gasteiger partial charge in [0.2, 0.25) is 0 Å². The monoisotopic (exact) mass is 302 g/mol. The summed E-state index contributed by atoms with van der Waals surface area (Å²) in [5.74, 6) is 1.29. The molecule has 2 aromatic carbocycles. The second kappa shape index (κ2) is 7.59. The lowest BCUT2D eigenvalue weighted by Gasteiger charge is -2.09. The van der Waals surface area contributed by atoms with Crippen LogP contribution in [-0.2, 0) is 0 Å². The molecule has 21 heavy (non-hydrogen) atoms. The van der Waals surface area contributed by atoms with E-state index in [9.17, 15) is 4.79 Å². The number of carbonyl (C=O) groups excluding carboxylic acids is 1. The standard InChI is InChI=1S/C16H18N2O2S/c1-20-12-7-8-14(15(17)11-12)16(19)18-9-10-21-13-5-3-2-4-6-13/h2-8,11H,9-10,17H2,1H3,(H,18,19). The van der Waals surface area contributed by atoms with Crippen molar-refractivity contribution in [1.82, 2.24) is 5.32 Å². The van der Waals surface area contributed by atoms with Gasteiger partial charge in [0.1, 0.15) is 5.75 Å². The molecular formula is C16H18N2O2S. The molecule has 0 saturated heterocycles. The second-order valence-electron chi connectivity index (χ2n) is 4.37. The Labute approximate surface area is 128 Å². The molecule has 1 amide bonds. The predicted molar refractivity (Wildman–Crippen MR) is 86.9 cm³/mol. The van der Waals surface area contributed by atoms with E-state index in [1.165, 1.54) is 4.90 Å². The zero-order chi connectivity index (χ0) is 15.1. The molecule has 0 aromatic heterocycles. The van der Waals surface area contributed by atoms with Gasteiger partial charge in [-0.1, -0.05) is 18.2 Å². The molecule has 0 unspecified atom stereocenters. The third-order valence-corrected chi connectivity index (χ3v) is 3.92. The Morgan fingerprint density at radius 1 is 1.24 bits per heavy atom. The number of anilines is 1. The maximum Gasteiger partial charge on any atom is 0.253 e. The normalized spacial score (nSPS) is 10.1. The van der Waals surface area contributed by atoms with E-state index in [2.05, 4.69) is 5.32 Å². The molecule has 0 fully saturated rings. The molecule has 0 atom stereocenters. The van der Waals surface area contributed by atoms with Crippen LogP contribution in [0.3, 0.4) is 0 Å². The van der Waals surface area contributed by atoms with Crippen LogP contribution in [0.15, 0.2) is 53.4 Å². The molecule has 0 aliphatic carbocycles. The highest BCUT2D eigenvalue weighted by Crippen LogP contribution is 2.19. The van der Waals surface area contributed by atoms with Crippen LogP contribution in [0.2, 0.25) is 0 Å². The minimum Gasteiger partial charge on any atom is -0.497 e. The number of hydrogen-bond donors (Lipinski definition) is 2. The smallest absolute Gasteiger partial charge is 0.253 e. The highest BCUT2D eigenvalue weighted by molar-refractivity contribution is 7.99. The van der Waals surface area contributed by atoms with Gasteiger partial charge < -0.3 is 15.8 Å². The van der Waals surface area contributed by atoms with E-state index in [0.29, 0.717) is 23.5 Å². The minimum absolute atomic E-state index is 0.163. The molecule has 0 aliphatic rings. The van der Waals surface area contributed by atoms with Crippen molar-refractivity contribution in [2.24, 2.45) is 0 Å². The van der Waals surface area contributed by atoms with Gasteiger partial charge in [0.05, 0.1) is 12.7 Å². The third kappa shape index (κ3) is 4.43. The maximum atomic E-state index is 12.0. The summed E-state index contributed by atoms with van der Waals surface area (Å²) >= 11 is 1.70. The van der Waals surface area contributed by atoms with Crippen molar-refractivity contribution in [3.63, 3.8) is 0 Å². The molecule has 2 rings (SSSR count). The zero-order valence-corrected chi connectivity index (χ0v) is 12.7. The molecule has 0 heterocycles. The van der Waals surface area contributed by atoms with Crippen LogP contribution in [-0.4, -0.2) is 25.3 Å². The highest BCUT2D eigenvalue weighted by atomic mass is 32.2. The lowest BCUT2D eigenvalue weighted by atomic mass is 10.1. The molecule has 0 aliphatic heterocycles. The van der Waals surface area contributed by atoms with Crippen molar-refractivity contribution in [3.8, 4) is 5.75 Å². The summed E-state index contributed by atoms with van der Waals surface area (Å²) in [5.41, 5.74) is 6.74. The van der Waals surface area contributed by atoms with Crippen LogP contribution < -0.4 is 15.8 Å². The van der Waals surface area contributed by atoms with E-state index in [1.54, 1.807) is 37.1 Å². The molecule has 5 heteroatoms. The molecule has 110 valence electrons. The fraction of sp³-hybridized carbons (Fsp3) is 0.188. The van der Waals surface area contributed by atoms with Gasteiger partial charge in [-0.25, -0.2) is 0 Å². The molecule has 0 bridgehead atoms. The Kier molecular flexibility index (Phi) is 5.51. The SMILES string of the molecule is COc1ccc(C(=O)NCCSc2ccccc2)c(N)c1. The topological polar surface area (TPSA) is 64.3 Å². The number of methoxy groups -OCH3 is 1. The average molecular weight is 302 g/mol. The number of amides is 1. The van der Waals surface area contributed by atoms with Gasteiger partial charge in [-0.05, 0) is 24.3 Å². The number of thioether (sulfide) groups is 1. The van der Waals surface area contributed by atoms with Crippen LogP contribution in [0.4, 0.5) is 5.69 Å². The minimum atomic E-state index is -0.163. The first kappa shape index (κ1) is 15.3. The van der Waals surface area contributed by atoms with E-state index >= 15 is 0 Å². The number of hydrogen-bond acceptors (Lipinski definition) is 4. The Morgan fingerprint density at radius 2 is 2.00 bits per heavy atom. The van der Waals surface area contributed by atoms with Gasteiger partial charge in [-0.15, -0.1) is 11.8 Å². The Hall–Kier alpha value is -2.14. The second-order valence-corrected chi connectivity index (χ2v) is 5.54. The number of nitrogens with two attached hydrogens (primary N) is 1. The van der Waals surface area contributed by atoms with E-state index in [4.69, 9.17) is 10.5 Å². The van der Waals surface area contributed by atoms with Crippen molar-refractivity contribution in [1.29, 1.82) is 0 Å². The van der Waals surface area contributed by atoms with Crippen molar-refractivity contribution < 1.29 is 9.53 Å². The van der Waals surface area contributed by atoms with Crippen LogP contribution in [0.1, 0.15) is 10.4 Å². The van der Waals surface area contributed by atoms with Gasteiger partial charge in [0.25, 0.3) is 5.91 Å². The average Bonchev–Trinajstić information content (AvgIpc) is 2.52. The Balaban J connectivity index is 1.82. The van der Waals surface area contributed by atoms with E-state index in [-0.39, 0.29) is 5.91 Å². The molecule has 0 spiro atoms. The zero-order valence-electron chi connectivity index (χ0n) is 11.8. The fourth-order valence-corrected chi connectivity index (χ4v) is 2.61. The van der Waals surface area contributed by atoms with Gasteiger partial charge in [-0.2, -0.15) is 0 Å². The van der Waals surface area contributed by atoms with Crippen LogP contribution >= 0.6 is 11.8 Å². The van der Waals surface area contributed by atoms with Gasteiger partial charge in [0.15, 0.2) is 0 Å². The number of nitrogen functional groups attached to an aromatic ring is 1. The summed E-state index contributed by atoms with van der Waals surface area (Å²) in [6.07, 6.45) is 0. The first-order valence-corrected chi connectivity index (χ1v) is 7.59. The molecule has 2 aromatic rings. The summed E-state index contributed by atoms with van der Waals surface area (Å²) in [6.45, 7) is 0.587. The maximum absolute atomic E-state index is 12.0. The predicted octanol–water partition coefficient (Wildman–Crippen LogP) is 2.80. The Bertz CT molecular complexity index is 602. The number of nitrogens with one attached hydrogen (secondary N) is 1. The molecular weight excluding hydrogens is 284 g/mol. The molecule has 0 saturated carbocycles. The quantitative estimate of drug-likeness (QED) is 0.489. The van der Waals surface area contributed by atoms with Crippen LogP contribution in [0, 0.1) is 0 Å². The number of ether oxygens (including phenoxy) is 1. The van der Waals surface area contributed by atoms with Crippen molar-refractivity contribution in [3.05, 3.63) is 54.1 Å². The lowest BCUT2D eigenvalue weighted by Crippen LogP contribution is -2.26. The first-order valence-electron chi connectivity index (χ1n) is 6.60. The number of benzene rings is 2. The molecule has 4 nitrogen and oxygen atoms in total. The highest BCUT2D eigenvalue weighted by Gasteiger charge is 2.09. The summed E-state index contributed by atoms with van der Waals surface area (Å²) < 4.78 is 5.06. The van der Waals surface area contributed by atoms with Crippen molar-refractivity contribution in [2.45, 2.75) is 4.90 Å². The molecule has 0 radical (unpaired) electrons. The third-order valence-electron chi connectivity index (χ3n) is 2.90. The van der Waals surface area contributed by atoms with Crippen molar-refractivity contribution >= 4 is 23.4 Å². The van der Waals surface area contributed by atoms with Crippen molar-refractivity contribution in [2.75, 3.05) is 25.1 Å². The fourth-order valence-electron chi connectivity index (χ4n) is 1.82. The Morgan fingerprint density at radius 3 is 2.67 bits per heavy atom. The number of carbonyl (C=O) groups is 1. The summed E-state index contributed by atoms with van der Waals surface area (Å²) in [4.78, 5) is 13.2. The van der Waals surface area contributed by atoms with E-state index in [0.717, 1.165) is 5.75 Å². The van der Waals surface area contributed by atoms with Gasteiger partial charge in [0, 0.05) is 28.9 Å². The van der Waals surface area contributed by atoms with E-state index < -0.39 is 0 Å². The van der Waals surface area contributed by atoms with E-state index in [1.807, 2.05) is 30.3 Å². The largest absolute Gasteiger partial charge is 0.497 e. The lowest BCUT2D eigenvalue weighted by molar-refractivity contribution is 0.0957. The summed E-state index contributed by atoms with van der Waals surface area (Å²) in [7, 11) is 1.56. The summed E-state index contributed by atoms with van der Waals surface area (Å²) in [6, 6.07) is 15.1. The number of rotatable bonds is 6. The van der Waals surface area contributed by atoms with Crippen LogP contribution in [0.5, 0.6) is 5.75 Å². The first-order chi connectivity index (χ1) is 10.2. The summed E-state index contributed by atoms with van der Waals surface area (Å²) in [5, 5.41) is 2.87. The van der Waals surface area contributed by atoms with Gasteiger partial charge in [-0.3, -0.25) is 4.79 Å². The molecule has 3 N–H and O–H groups in total. The van der Waals surface area contributed by atoms with Crippen LogP contribution in [0.25, 0.3) is 0 Å². The van der Waals surface area contributed by atoms with Gasteiger partial charge >= 0.3 is 0 Å².